The van der Waals surface area contributed by atoms with Crippen molar-refractivity contribution in [3.05, 3.63) is 42.6 Å². The van der Waals surface area contributed by atoms with Crippen molar-refractivity contribution in [2.45, 2.75) is 18.9 Å². The van der Waals surface area contributed by atoms with E-state index in [9.17, 15) is 4.39 Å². The van der Waals surface area contributed by atoms with Gasteiger partial charge in [0.2, 0.25) is 0 Å². The zero-order valence-corrected chi connectivity index (χ0v) is 16.0. The third-order valence-corrected chi connectivity index (χ3v) is 5.44. The zero-order chi connectivity index (χ0) is 20.0. The smallest absolute Gasteiger partial charge is 0.163 e. The minimum atomic E-state index is -0.333. The number of hydrogen-bond acceptors (Lipinski definition) is 6. The quantitative estimate of drug-likeness (QED) is 0.556. The first kappa shape index (κ1) is 17.7. The number of piperidine rings is 1. The van der Waals surface area contributed by atoms with Gasteiger partial charge in [0.1, 0.15) is 11.5 Å². The number of nitrogens with two attached hydrogens (primary N) is 1. The Morgan fingerprint density at radius 1 is 1.17 bits per heavy atom. The van der Waals surface area contributed by atoms with E-state index in [0.29, 0.717) is 28.8 Å². The number of aryl methyl sites for hydroxylation is 1. The van der Waals surface area contributed by atoms with Crippen molar-refractivity contribution >= 4 is 16.9 Å². The molecule has 1 saturated heterocycles. The fourth-order valence-corrected chi connectivity index (χ4v) is 3.83. The largest absolute Gasteiger partial charge is 0.382 e. The molecule has 0 saturated carbocycles. The maximum atomic E-state index is 13.6. The molecule has 0 unspecified atom stereocenters. The van der Waals surface area contributed by atoms with Gasteiger partial charge in [-0.2, -0.15) is 5.10 Å². The predicted molar refractivity (Wildman–Crippen MR) is 108 cm³/mol. The van der Waals surface area contributed by atoms with Gasteiger partial charge in [-0.3, -0.25) is 4.68 Å². The lowest BCUT2D eigenvalue weighted by Gasteiger charge is -2.22. The summed E-state index contributed by atoms with van der Waals surface area (Å²) in [6, 6.07) is 4.89. The normalized spacial score (nSPS) is 15.2. The van der Waals surface area contributed by atoms with Crippen molar-refractivity contribution in [1.29, 1.82) is 0 Å². The minimum absolute atomic E-state index is 0.276. The van der Waals surface area contributed by atoms with Crippen molar-refractivity contribution in [3.8, 4) is 22.8 Å². The van der Waals surface area contributed by atoms with Crippen LogP contribution in [0.4, 0.5) is 10.2 Å². The van der Waals surface area contributed by atoms with Gasteiger partial charge < -0.3 is 15.6 Å². The summed E-state index contributed by atoms with van der Waals surface area (Å²) >= 11 is 0. The fraction of sp³-hybridized carbons (Fsp3) is 0.300. The van der Waals surface area contributed by atoms with Crippen LogP contribution in [0.5, 0.6) is 0 Å². The molecule has 0 atom stereocenters. The number of nitrogens with zero attached hydrogens (tertiary/aromatic N) is 6. The molecule has 3 aromatic heterocycles. The molecule has 0 spiro atoms. The lowest BCUT2D eigenvalue weighted by Crippen LogP contribution is -2.29. The van der Waals surface area contributed by atoms with Crippen LogP contribution in [0.1, 0.15) is 18.9 Å². The Morgan fingerprint density at radius 3 is 2.83 bits per heavy atom. The molecule has 3 N–H and O–H groups in total. The molecule has 9 heteroatoms. The molecule has 8 nitrogen and oxygen atoms in total. The van der Waals surface area contributed by atoms with Gasteiger partial charge in [-0.25, -0.2) is 19.3 Å². The number of imidazole rings is 1. The Balaban J connectivity index is 1.54. The summed E-state index contributed by atoms with van der Waals surface area (Å²) < 4.78 is 17.4. The molecular weight excluding hydrogens is 371 g/mol. The fourth-order valence-electron chi connectivity index (χ4n) is 3.83. The monoisotopic (exact) mass is 392 g/mol. The van der Waals surface area contributed by atoms with E-state index in [-0.39, 0.29) is 11.6 Å². The van der Waals surface area contributed by atoms with Crippen molar-refractivity contribution in [2.75, 3.05) is 18.8 Å². The molecule has 0 radical (unpaired) electrons. The van der Waals surface area contributed by atoms with E-state index in [2.05, 4.69) is 20.4 Å². The summed E-state index contributed by atoms with van der Waals surface area (Å²) in [5.41, 5.74) is 9.48. The van der Waals surface area contributed by atoms with Gasteiger partial charge in [0.15, 0.2) is 11.6 Å². The number of halogens is 1. The van der Waals surface area contributed by atoms with Gasteiger partial charge in [0, 0.05) is 24.9 Å². The molecule has 0 amide bonds. The van der Waals surface area contributed by atoms with E-state index in [1.54, 1.807) is 18.5 Å². The predicted octanol–water partition coefficient (Wildman–Crippen LogP) is 2.54. The third-order valence-electron chi connectivity index (χ3n) is 5.44. The van der Waals surface area contributed by atoms with Crippen LogP contribution in [-0.4, -0.2) is 42.4 Å². The summed E-state index contributed by atoms with van der Waals surface area (Å²) in [5.74, 6) is 0.488. The number of nitrogen functional groups attached to an aromatic ring is 1. The number of benzene rings is 1. The SMILES string of the molecule is Cn1c(-c2nc(-c3cnn(C4CCNCC4)c3)cnc2N)nc2cc(F)ccc21. The van der Waals surface area contributed by atoms with Crippen LogP contribution in [0.15, 0.2) is 36.8 Å². The summed E-state index contributed by atoms with van der Waals surface area (Å²) in [5, 5.41) is 7.89. The second kappa shape index (κ2) is 6.93. The van der Waals surface area contributed by atoms with Gasteiger partial charge >= 0.3 is 0 Å². The lowest BCUT2D eigenvalue weighted by molar-refractivity contribution is 0.343. The Labute approximate surface area is 166 Å². The second-order valence-corrected chi connectivity index (χ2v) is 7.31. The van der Waals surface area contributed by atoms with Gasteiger partial charge in [0.05, 0.1) is 35.2 Å². The summed E-state index contributed by atoms with van der Waals surface area (Å²) in [6.07, 6.45) is 7.55. The van der Waals surface area contributed by atoms with Crippen LogP contribution in [0.2, 0.25) is 0 Å². The average Bonchev–Trinajstić information content (AvgIpc) is 3.34. The molecule has 1 aliphatic heterocycles. The van der Waals surface area contributed by atoms with Crippen LogP contribution in [0.3, 0.4) is 0 Å². The number of rotatable bonds is 3. The highest BCUT2D eigenvalue weighted by molar-refractivity contribution is 5.82. The number of nitrogens with one attached hydrogen (secondary N) is 1. The number of anilines is 1. The standard InChI is InChI=1S/C20H21FN8/c1-28-17-3-2-13(21)8-15(17)27-20(28)18-19(22)24-10-16(26-18)12-9-25-29(11-12)14-4-6-23-7-5-14/h2-3,8-11,14,23H,4-7H2,1H3,(H2,22,24). The van der Waals surface area contributed by atoms with Crippen molar-refractivity contribution in [3.63, 3.8) is 0 Å². The summed E-state index contributed by atoms with van der Waals surface area (Å²) in [7, 11) is 1.85. The van der Waals surface area contributed by atoms with Crippen molar-refractivity contribution < 1.29 is 4.39 Å². The molecule has 1 aromatic carbocycles. The Kier molecular flexibility index (Phi) is 4.24. The molecule has 1 fully saturated rings. The van der Waals surface area contributed by atoms with Gasteiger partial charge in [-0.1, -0.05) is 0 Å². The lowest BCUT2D eigenvalue weighted by atomic mass is 10.1. The molecule has 0 bridgehead atoms. The maximum Gasteiger partial charge on any atom is 0.163 e. The topological polar surface area (TPSA) is 99.5 Å². The Hall–Kier alpha value is -3.33. The third kappa shape index (κ3) is 3.13. The Morgan fingerprint density at radius 2 is 2.00 bits per heavy atom. The number of aromatic nitrogens is 6. The van der Waals surface area contributed by atoms with E-state index >= 15 is 0 Å². The zero-order valence-electron chi connectivity index (χ0n) is 16.0. The molecule has 4 aromatic rings. The van der Waals surface area contributed by atoms with Crippen LogP contribution in [-0.2, 0) is 7.05 Å². The summed E-state index contributed by atoms with van der Waals surface area (Å²) in [6.45, 7) is 2.00. The van der Waals surface area contributed by atoms with Crippen LogP contribution in [0.25, 0.3) is 33.8 Å². The second-order valence-electron chi connectivity index (χ2n) is 7.31. The molecule has 148 valence electrons. The molecule has 5 rings (SSSR count). The van der Waals surface area contributed by atoms with Crippen LogP contribution >= 0.6 is 0 Å². The van der Waals surface area contributed by atoms with Gasteiger partial charge in [0.25, 0.3) is 0 Å². The highest BCUT2D eigenvalue weighted by Gasteiger charge is 2.19. The first-order valence-electron chi connectivity index (χ1n) is 9.60. The van der Waals surface area contributed by atoms with Gasteiger partial charge in [-0.15, -0.1) is 0 Å². The first-order chi connectivity index (χ1) is 14.1. The van der Waals surface area contributed by atoms with E-state index in [1.807, 2.05) is 22.5 Å². The molecular formula is C20H21FN8. The van der Waals surface area contributed by atoms with E-state index < -0.39 is 0 Å². The number of fused-ring (bicyclic) bond motifs is 1. The highest BCUT2D eigenvalue weighted by Crippen LogP contribution is 2.29. The number of hydrogen-bond donors (Lipinski definition) is 2. The van der Waals surface area contributed by atoms with E-state index in [4.69, 9.17) is 10.7 Å². The Bertz CT molecular complexity index is 1190. The first-order valence-corrected chi connectivity index (χ1v) is 9.60. The average molecular weight is 392 g/mol. The minimum Gasteiger partial charge on any atom is -0.382 e. The summed E-state index contributed by atoms with van der Waals surface area (Å²) in [4.78, 5) is 13.6. The van der Waals surface area contributed by atoms with Gasteiger partial charge in [-0.05, 0) is 38.1 Å². The van der Waals surface area contributed by atoms with E-state index in [1.165, 1.54) is 12.1 Å². The molecule has 0 aliphatic carbocycles. The maximum absolute atomic E-state index is 13.6. The van der Waals surface area contributed by atoms with Crippen molar-refractivity contribution in [2.24, 2.45) is 7.05 Å². The highest BCUT2D eigenvalue weighted by atomic mass is 19.1. The molecule has 29 heavy (non-hydrogen) atoms. The van der Waals surface area contributed by atoms with Crippen LogP contribution in [0, 0.1) is 5.82 Å². The van der Waals surface area contributed by atoms with Crippen LogP contribution < -0.4 is 11.1 Å². The molecule has 4 heterocycles. The van der Waals surface area contributed by atoms with Crippen molar-refractivity contribution in [1.82, 2.24) is 34.6 Å². The molecule has 1 aliphatic rings. The van der Waals surface area contributed by atoms with E-state index in [0.717, 1.165) is 37.0 Å².